The summed E-state index contributed by atoms with van der Waals surface area (Å²) in [5, 5.41) is 6.73. The molecule has 2 aliphatic rings. The largest absolute Gasteiger partial charge is 0.456 e. The third-order valence-electron chi connectivity index (χ3n) is 6.88. The second-order valence-corrected chi connectivity index (χ2v) is 9.72. The zero-order chi connectivity index (χ0) is 26.7. The molecule has 3 amide bonds. The zero-order valence-corrected chi connectivity index (χ0v) is 21.5. The molecular formula is C29H30ClN3O4. The number of nitrogens with two attached hydrogens (primary N) is 1. The SMILES string of the molecule is C=C(/C=c1/c(C(=O)NC)c(-c2ccc(Cl)cc2)oc1=C)C1=CC(C(=O)N[C@H]2CCC[C@H]2C(N)=O)=CCC1. The number of nitrogens with one attached hydrogen (secondary N) is 2. The first kappa shape index (κ1) is 26.2. The molecule has 4 N–H and O–H groups in total. The maximum atomic E-state index is 13.0. The van der Waals surface area contributed by atoms with Crippen molar-refractivity contribution in [3.05, 3.63) is 80.9 Å². The molecule has 1 heterocycles. The van der Waals surface area contributed by atoms with Crippen LogP contribution in [0.1, 0.15) is 42.5 Å². The molecule has 2 atom stereocenters. The molecule has 1 aromatic heterocycles. The van der Waals surface area contributed by atoms with E-state index in [2.05, 4.69) is 23.8 Å². The highest BCUT2D eigenvalue weighted by Gasteiger charge is 2.33. The number of carbonyl (C=O) groups is 3. The van der Waals surface area contributed by atoms with Crippen molar-refractivity contribution in [3.8, 4) is 11.3 Å². The summed E-state index contributed by atoms with van der Waals surface area (Å²) in [5.41, 5.74) is 8.89. The second kappa shape index (κ2) is 11.0. The highest BCUT2D eigenvalue weighted by molar-refractivity contribution is 6.30. The van der Waals surface area contributed by atoms with Gasteiger partial charge in [0.2, 0.25) is 5.91 Å². The molecule has 1 aromatic carbocycles. The van der Waals surface area contributed by atoms with Crippen molar-refractivity contribution >= 4 is 42.0 Å². The molecule has 192 valence electrons. The Morgan fingerprint density at radius 2 is 1.89 bits per heavy atom. The molecule has 4 rings (SSSR count). The van der Waals surface area contributed by atoms with E-state index in [9.17, 15) is 14.4 Å². The number of primary amides is 1. The van der Waals surface area contributed by atoms with E-state index in [4.69, 9.17) is 21.8 Å². The van der Waals surface area contributed by atoms with Crippen molar-refractivity contribution in [3.63, 3.8) is 0 Å². The molecular weight excluding hydrogens is 490 g/mol. The highest BCUT2D eigenvalue weighted by Crippen LogP contribution is 2.28. The second-order valence-electron chi connectivity index (χ2n) is 9.29. The van der Waals surface area contributed by atoms with Crippen LogP contribution in [0.4, 0.5) is 0 Å². The summed E-state index contributed by atoms with van der Waals surface area (Å²) < 4.78 is 5.93. The first-order valence-electron chi connectivity index (χ1n) is 12.2. The molecule has 0 saturated heterocycles. The third kappa shape index (κ3) is 5.62. The fourth-order valence-electron chi connectivity index (χ4n) is 4.90. The Kier molecular flexibility index (Phi) is 7.83. The molecule has 2 aliphatic carbocycles. The number of rotatable bonds is 7. The summed E-state index contributed by atoms with van der Waals surface area (Å²) in [5.74, 6) is -0.887. The minimum atomic E-state index is -0.381. The van der Waals surface area contributed by atoms with Gasteiger partial charge >= 0.3 is 0 Å². The molecule has 2 aromatic rings. The number of allylic oxidation sites excluding steroid dienone is 3. The van der Waals surface area contributed by atoms with Crippen molar-refractivity contribution in [1.82, 2.24) is 10.6 Å². The molecule has 0 spiro atoms. The van der Waals surface area contributed by atoms with Crippen molar-refractivity contribution < 1.29 is 18.8 Å². The van der Waals surface area contributed by atoms with Crippen LogP contribution >= 0.6 is 11.6 Å². The van der Waals surface area contributed by atoms with Gasteiger partial charge in [0, 0.05) is 34.5 Å². The monoisotopic (exact) mass is 519 g/mol. The molecule has 0 unspecified atom stereocenters. The number of carbonyl (C=O) groups excluding carboxylic acids is 3. The Morgan fingerprint density at radius 3 is 2.57 bits per heavy atom. The normalized spacial score (nSPS) is 19.7. The Bertz CT molecular complexity index is 1430. The van der Waals surface area contributed by atoms with Crippen molar-refractivity contribution in [2.75, 3.05) is 7.05 Å². The van der Waals surface area contributed by atoms with Crippen LogP contribution in [0.3, 0.4) is 0 Å². The molecule has 1 saturated carbocycles. The lowest BCUT2D eigenvalue weighted by molar-refractivity contribution is -0.123. The predicted molar refractivity (Wildman–Crippen MR) is 145 cm³/mol. The van der Waals surface area contributed by atoms with E-state index in [0.717, 1.165) is 18.4 Å². The van der Waals surface area contributed by atoms with E-state index in [1.807, 2.05) is 6.08 Å². The summed E-state index contributed by atoms with van der Waals surface area (Å²) in [7, 11) is 1.55. The van der Waals surface area contributed by atoms with E-state index in [-0.39, 0.29) is 29.7 Å². The Hall–Kier alpha value is -3.84. The van der Waals surface area contributed by atoms with Crippen LogP contribution in [0.5, 0.6) is 0 Å². The third-order valence-corrected chi connectivity index (χ3v) is 7.13. The highest BCUT2D eigenvalue weighted by atomic mass is 35.5. The topological polar surface area (TPSA) is 114 Å². The molecule has 8 heteroatoms. The molecule has 0 bridgehead atoms. The first-order valence-corrected chi connectivity index (χ1v) is 12.6. The summed E-state index contributed by atoms with van der Waals surface area (Å²) in [6.45, 7) is 8.21. The van der Waals surface area contributed by atoms with Gasteiger partial charge in [-0.05, 0) is 73.2 Å². The number of hydrogen-bond donors (Lipinski definition) is 3. The van der Waals surface area contributed by atoms with Crippen molar-refractivity contribution in [2.45, 2.75) is 38.1 Å². The van der Waals surface area contributed by atoms with Gasteiger partial charge in [-0.25, -0.2) is 0 Å². The average Bonchev–Trinajstić information content (AvgIpc) is 3.48. The van der Waals surface area contributed by atoms with Crippen LogP contribution in [0, 0.1) is 5.92 Å². The number of halogens is 1. The minimum Gasteiger partial charge on any atom is -0.456 e. The summed E-state index contributed by atoms with van der Waals surface area (Å²) in [4.78, 5) is 37.5. The number of benzene rings is 1. The molecule has 0 aliphatic heterocycles. The fourth-order valence-corrected chi connectivity index (χ4v) is 5.03. The van der Waals surface area contributed by atoms with E-state index < -0.39 is 0 Å². The number of hydrogen-bond acceptors (Lipinski definition) is 4. The van der Waals surface area contributed by atoms with Gasteiger partial charge in [0.25, 0.3) is 11.8 Å². The van der Waals surface area contributed by atoms with E-state index >= 15 is 0 Å². The summed E-state index contributed by atoms with van der Waals surface area (Å²) in [6, 6.07) is 6.75. The quantitative estimate of drug-likeness (QED) is 0.521. The van der Waals surface area contributed by atoms with Gasteiger partial charge in [-0.3, -0.25) is 14.4 Å². The molecule has 37 heavy (non-hydrogen) atoms. The average molecular weight is 520 g/mol. The lowest BCUT2D eigenvalue weighted by atomic mass is 9.92. The lowest BCUT2D eigenvalue weighted by Gasteiger charge is -2.20. The molecule has 0 radical (unpaired) electrons. The maximum Gasteiger partial charge on any atom is 0.255 e. The lowest BCUT2D eigenvalue weighted by Crippen LogP contribution is -2.42. The Balaban J connectivity index is 1.64. The minimum absolute atomic E-state index is 0.236. The first-order chi connectivity index (χ1) is 17.7. The van der Waals surface area contributed by atoms with Gasteiger partial charge in [0.1, 0.15) is 11.2 Å². The van der Waals surface area contributed by atoms with E-state index in [1.54, 1.807) is 43.5 Å². The summed E-state index contributed by atoms with van der Waals surface area (Å²) in [6.07, 6.45) is 9.06. The van der Waals surface area contributed by atoms with Gasteiger partial charge < -0.3 is 20.8 Å². The van der Waals surface area contributed by atoms with Crippen LogP contribution in [0.15, 0.2) is 64.1 Å². The fraction of sp³-hybridized carbons (Fsp3) is 0.276. The van der Waals surface area contributed by atoms with Crippen LogP contribution in [-0.2, 0) is 9.59 Å². The van der Waals surface area contributed by atoms with Gasteiger partial charge in [-0.2, -0.15) is 0 Å². The predicted octanol–water partition coefficient (Wildman–Crippen LogP) is 3.12. The maximum absolute atomic E-state index is 13.0. The van der Waals surface area contributed by atoms with E-state index in [1.165, 1.54) is 0 Å². The van der Waals surface area contributed by atoms with Crippen LogP contribution in [0.2, 0.25) is 5.02 Å². The standard InChI is InChI=1S/C29H30ClN3O4/c1-16(19-6-4-7-20(15-19)28(35)33-24-9-5-8-22(24)27(31)34)14-23-17(2)37-26(25(23)29(36)32-3)18-10-12-21(30)13-11-18/h7,10-15,22,24H,1-2,4-6,8-9H2,3H3,(H2,31,34)(H,32,36)(H,33,35)/b23-14+/t22-,24+/m1/s1. The van der Waals surface area contributed by atoms with Crippen LogP contribution < -0.4 is 27.0 Å². The summed E-state index contributed by atoms with van der Waals surface area (Å²) >= 11 is 6.02. The van der Waals surface area contributed by atoms with Crippen molar-refractivity contribution in [1.29, 1.82) is 0 Å². The number of amides is 3. The van der Waals surface area contributed by atoms with E-state index in [0.29, 0.717) is 63.0 Å². The zero-order valence-electron chi connectivity index (χ0n) is 20.7. The smallest absolute Gasteiger partial charge is 0.255 e. The van der Waals surface area contributed by atoms with Gasteiger partial charge in [-0.1, -0.05) is 37.3 Å². The number of furan rings is 1. The van der Waals surface area contributed by atoms with Crippen LogP contribution in [0.25, 0.3) is 24.0 Å². The van der Waals surface area contributed by atoms with Gasteiger partial charge in [0.05, 0.1) is 11.5 Å². The molecule has 1 fully saturated rings. The van der Waals surface area contributed by atoms with Gasteiger partial charge in [0.15, 0.2) is 0 Å². The van der Waals surface area contributed by atoms with Crippen molar-refractivity contribution in [2.24, 2.45) is 11.7 Å². The van der Waals surface area contributed by atoms with Gasteiger partial charge in [-0.15, -0.1) is 0 Å². The Morgan fingerprint density at radius 1 is 1.16 bits per heavy atom. The van der Waals surface area contributed by atoms with Crippen LogP contribution in [-0.4, -0.2) is 30.8 Å². The molecule has 7 nitrogen and oxygen atoms in total. The Labute approximate surface area is 220 Å².